The Morgan fingerprint density at radius 3 is 3.00 bits per heavy atom. The van der Waals surface area contributed by atoms with Crippen LogP contribution in [0, 0.1) is 0 Å². The lowest BCUT2D eigenvalue weighted by atomic mass is 10.2. The van der Waals surface area contributed by atoms with Gasteiger partial charge in [-0.1, -0.05) is 35.6 Å². The number of hydrogen-bond acceptors (Lipinski definition) is 4. The van der Waals surface area contributed by atoms with Gasteiger partial charge in [-0.25, -0.2) is 9.97 Å². The smallest absolute Gasteiger partial charge is 0.182 e. The minimum atomic E-state index is 0.573. The maximum atomic E-state index is 5.65. The van der Waals surface area contributed by atoms with Gasteiger partial charge in [0.2, 0.25) is 0 Å². The maximum absolute atomic E-state index is 5.65. The second-order valence-electron chi connectivity index (χ2n) is 3.05. The molecule has 0 radical (unpaired) electrons. The topological polar surface area (TPSA) is 51.8 Å². The molecule has 3 aromatic rings. The minimum absolute atomic E-state index is 0.573. The van der Waals surface area contributed by atoms with Crippen LogP contribution >= 0.6 is 11.3 Å². The van der Waals surface area contributed by atoms with Gasteiger partial charge in [0, 0.05) is 17.0 Å². The zero-order valence-corrected chi connectivity index (χ0v) is 8.08. The molecule has 0 unspecified atom stereocenters. The number of rotatable bonds is 0. The van der Waals surface area contributed by atoms with Crippen molar-refractivity contribution in [2.45, 2.75) is 0 Å². The molecule has 4 heteroatoms. The Balaban J connectivity index is 2.60. The van der Waals surface area contributed by atoms with Crippen LogP contribution in [-0.2, 0) is 0 Å². The Morgan fingerprint density at radius 2 is 2.07 bits per heavy atom. The van der Waals surface area contributed by atoms with E-state index in [0.717, 1.165) is 21.1 Å². The summed E-state index contributed by atoms with van der Waals surface area (Å²) < 4.78 is 0. The van der Waals surface area contributed by atoms with E-state index in [1.807, 2.05) is 30.5 Å². The third-order valence-electron chi connectivity index (χ3n) is 2.16. The van der Waals surface area contributed by atoms with Gasteiger partial charge in [0.05, 0.1) is 0 Å². The lowest BCUT2D eigenvalue weighted by molar-refractivity contribution is 1.44. The molecule has 0 saturated heterocycles. The Labute approximate surface area is 84.2 Å². The molecular weight excluding hydrogens is 194 g/mol. The van der Waals surface area contributed by atoms with Crippen molar-refractivity contribution in [2.75, 3.05) is 5.73 Å². The number of aromatic nitrogens is 2. The molecule has 0 aliphatic heterocycles. The number of fused-ring (bicyclic) bond motifs is 3. The first-order chi connectivity index (χ1) is 6.84. The fraction of sp³-hybridized carbons (Fsp3) is 0. The standard InChI is InChI=1S/C10H7N3S/c11-10-13-8-7-4-2-1-3-6(7)5-12-9(8)14-10/h1-5H,(H2,11,13). The van der Waals surface area contributed by atoms with Crippen molar-refractivity contribution in [3.63, 3.8) is 0 Å². The zero-order chi connectivity index (χ0) is 9.54. The van der Waals surface area contributed by atoms with Gasteiger partial charge in [0.25, 0.3) is 0 Å². The van der Waals surface area contributed by atoms with E-state index in [1.54, 1.807) is 0 Å². The van der Waals surface area contributed by atoms with E-state index < -0.39 is 0 Å². The number of hydrogen-bond donors (Lipinski definition) is 1. The van der Waals surface area contributed by atoms with E-state index in [1.165, 1.54) is 11.3 Å². The van der Waals surface area contributed by atoms with Crippen LogP contribution in [0.2, 0.25) is 0 Å². The van der Waals surface area contributed by atoms with Gasteiger partial charge in [-0.05, 0) is 0 Å². The zero-order valence-electron chi connectivity index (χ0n) is 7.27. The molecule has 2 aromatic heterocycles. The van der Waals surface area contributed by atoms with Crippen LogP contribution in [0.4, 0.5) is 5.13 Å². The molecule has 0 atom stereocenters. The maximum Gasteiger partial charge on any atom is 0.182 e. The first-order valence-corrected chi connectivity index (χ1v) is 5.06. The number of nitrogens with zero attached hydrogens (tertiary/aromatic N) is 2. The molecule has 0 bridgehead atoms. The number of anilines is 1. The van der Waals surface area contributed by atoms with E-state index in [9.17, 15) is 0 Å². The fourth-order valence-electron chi connectivity index (χ4n) is 1.54. The van der Waals surface area contributed by atoms with Gasteiger partial charge in [-0.2, -0.15) is 0 Å². The lowest BCUT2D eigenvalue weighted by Crippen LogP contribution is -1.81. The summed E-state index contributed by atoms with van der Waals surface area (Å²) in [5.41, 5.74) is 6.56. The Bertz CT molecular complexity index is 615. The summed E-state index contributed by atoms with van der Waals surface area (Å²) in [4.78, 5) is 9.49. The van der Waals surface area contributed by atoms with Gasteiger partial charge in [-0.15, -0.1) is 0 Å². The van der Waals surface area contributed by atoms with Crippen molar-refractivity contribution < 1.29 is 0 Å². The normalized spacial score (nSPS) is 11.1. The summed E-state index contributed by atoms with van der Waals surface area (Å²) in [6.45, 7) is 0. The van der Waals surface area contributed by atoms with Crippen molar-refractivity contribution in [2.24, 2.45) is 0 Å². The van der Waals surface area contributed by atoms with Crippen molar-refractivity contribution in [1.29, 1.82) is 0 Å². The lowest BCUT2D eigenvalue weighted by Gasteiger charge is -1.95. The summed E-state index contributed by atoms with van der Waals surface area (Å²) in [7, 11) is 0. The first-order valence-electron chi connectivity index (χ1n) is 4.24. The minimum Gasteiger partial charge on any atom is -0.375 e. The number of pyridine rings is 1. The molecule has 0 aliphatic rings. The highest BCUT2D eigenvalue weighted by molar-refractivity contribution is 7.21. The Kier molecular flexibility index (Phi) is 1.46. The van der Waals surface area contributed by atoms with Crippen LogP contribution in [0.25, 0.3) is 21.1 Å². The molecule has 2 N–H and O–H groups in total. The molecule has 3 rings (SSSR count). The van der Waals surface area contributed by atoms with Crippen molar-refractivity contribution in [3.8, 4) is 0 Å². The van der Waals surface area contributed by atoms with Crippen LogP contribution in [0.3, 0.4) is 0 Å². The third kappa shape index (κ3) is 0.975. The van der Waals surface area contributed by atoms with Gasteiger partial charge in [0.1, 0.15) is 10.3 Å². The summed E-state index contributed by atoms with van der Waals surface area (Å²) in [6.07, 6.45) is 1.86. The summed E-state index contributed by atoms with van der Waals surface area (Å²) in [5, 5.41) is 2.79. The van der Waals surface area contributed by atoms with Crippen LogP contribution in [0.1, 0.15) is 0 Å². The van der Waals surface area contributed by atoms with Crippen LogP contribution in [0.15, 0.2) is 30.5 Å². The highest BCUT2D eigenvalue weighted by Crippen LogP contribution is 2.27. The fourth-order valence-corrected chi connectivity index (χ4v) is 2.24. The summed E-state index contributed by atoms with van der Waals surface area (Å²) in [5.74, 6) is 0. The molecule has 3 nitrogen and oxygen atoms in total. The molecule has 0 fully saturated rings. The molecule has 0 amide bonds. The largest absolute Gasteiger partial charge is 0.375 e. The van der Waals surface area contributed by atoms with E-state index in [4.69, 9.17) is 5.73 Å². The molecule has 0 saturated carbocycles. The summed E-state index contributed by atoms with van der Waals surface area (Å²) in [6, 6.07) is 8.05. The van der Waals surface area contributed by atoms with Crippen LogP contribution in [0.5, 0.6) is 0 Å². The molecular formula is C10H7N3S. The Hall–Kier alpha value is -1.68. The van der Waals surface area contributed by atoms with Crippen molar-refractivity contribution >= 4 is 37.6 Å². The van der Waals surface area contributed by atoms with E-state index in [-0.39, 0.29) is 0 Å². The highest BCUT2D eigenvalue weighted by Gasteiger charge is 2.05. The monoisotopic (exact) mass is 201 g/mol. The van der Waals surface area contributed by atoms with Gasteiger partial charge < -0.3 is 5.73 Å². The average molecular weight is 201 g/mol. The van der Waals surface area contributed by atoms with Gasteiger partial charge >= 0.3 is 0 Å². The number of thiazole rings is 1. The van der Waals surface area contributed by atoms with Crippen molar-refractivity contribution in [3.05, 3.63) is 30.5 Å². The highest BCUT2D eigenvalue weighted by atomic mass is 32.1. The number of benzene rings is 1. The SMILES string of the molecule is Nc1nc2c(ncc3ccccc32)s1. The predicted octanol–water partition coefficient (Wildman–Crippen LogP) is 2.43. The Morgan fingerprint density at radius 1 is 1.21 bits per heavy atom. The molecule has 0 aliphatic carbocycles. The van der Waals surface area contributed by atoms with E-state index in [2.05, 4.69) is 9.97 Å². The number of nitrogens with two attached hydrogens (primary N) is 1. The molecule has 68 valence electrons. The average Bonchev–Trinajstić information content (AvgIpc) is 2.59. The second-order valence-corrected chi connectivity index (χ2v) is 4.06. The molecule has 14 heavy (non-hydrogen) atoms. The summed E-state index contributed by atoms with van der Waals surface area (Å²) >= 11 is 1.42. The van der Waals surface area contributed by atoms with Crippen LogP contribution < -0.4 is 5.73 Å². The molecule has 2 heterocycles. The second kappa shape index (κ2) is 2.65. The van der Waals surface area contributed by atoms with Crippen LogP contribution in [-0.4, -0.2) is 9.97 Å². The van der Waals surface area contributed by atoms with Gasteiger partial charge in [-0.3, -0.25) is 0 Å². The predicted molar refractivity (Wildman–Crippen MR) is 59.3 cm³/mol. The number of nitrogen functional groups attached to an aromatic ring is 1. The first kappa shape index (κ1) is 7.70. The van der Waals surface area contributed by atoms with Gasteiger partial charge in [0.15, 0.2) is 5.13 Å². The molecule has 0 spiro atoms. The quantitative estimate of drug-likeness (QED) is 0.607. The molecule has 1 aromatic carbocycles. The third-order valence-corrected chi connectivity index (χ3v) is 2.96. The van der Waals surface area contributed by atoms with E-state index >= 15 is 0 Å². The van der Waals surface area contributed by atoms with Crippen molar-refractivity contribution in [1.82, 2.24) is 9.97 Å². The van der Waals surface area contributed by atoms with E-state index in [0.29, 0.717) is 5.13 Å².